The van der Waals surface area contributed by atoms with Crippen molar-refractivity contribution < 1.29 is 30.9 Å². The first-order valence-electron chi connectivity index (χ1n) is 10.4. The zero-order chi connectivity index (χ0) is 23.3. The van der Waals surface area contributed by atoms with E-state index in [-0.39, 0.29) is 47.5 Å². The summed E-state index contributed by atoms with van der Waals surface area (Å²) >= 11 is 0. The maximum absolute atomic E-state index is 13.3. The highest BCUT2D eigenvalue weighted by atomic mass is 32.2. The maximum atomic E-state index is 13.3. The fourth-order valence-electron chi connectivity index (χ4n) is 4.45. The van der Waals surface area contributed by atoms with Crippen LogP contribution < -0.4 is 0 Å². The molecule has 2 unspecified atom stereocenters. The third-order valence-electron chi connectivity index (χ3n) is 6.11. The number of hydrogen-bond acceptors (Lipinski definition) is 5. The van der Waals surface area contributed by atoms with E-state index in [2.05, 4.69) is 5.16 Å². The van der Waals surface area contributed by atoms with Gasteiger partial charge in [0, 0.05) is 32.1 Å². The number of hydrogen-bond donors (Lipinski definition) is 0. The van der Waals surface area contributed by atoms with Gasteiger partial charge in [-0.05, 0) is 44.2 Å². The van der Waals surface area contributed by atoms with E-state index in [0.29, 0.717) is 19.4 Å². The topological polar surface area (TPSA) is 83.7 Å². The number of amides is 1. The Morgan fingerprint density at radius 1 is 1.12 bits per heavy atom. The number of sulfonamides is 1. The van der Waals surface area contributed by atoms with E-state index in [4.69, 9.17) is 4.52 Å². The Hall–Kier alpha value is -2.40. The van der Waals surface area contributed by atoms with Gasteiger partial charge in [-0.15, -0.1) is 0 Å². The smallest absolute Gasteiger partial charge is 0.360 e. The summed E-state index contributed by atoms with van der Waals surface area (Å²) in [6.45, 7) is 3.98. The lowest BCUT2D eigenvalue weighted by molar-refractivity contribution is -0.138. The third kappa shape index (κ3) is 4.15. The van der Waals surface area contributed by atoms with Crippen molar-refractivity contribution in [2.75, 3.05) is 26.2 Å². The SMILES string of the molecule is Cc1noc(C)c1S(=O)(=O)N1CCCN(C(=O)C2CC2c2ccccc2C(F)(F)F)CC1. The molecule has 1 amide bonds. The van der Waals surface area contributed by atoms with Crippen molar-refractivity contribution in [1.82, 2.24) is 14.4 Å². The number of alkyl halides is 3. The van der Waals surface area contributed by atoms with Crippen LogP contribution >= 0.6 is 0 Å². The second kappa shape index (κ2) is 8.18. The summed E-state index contributed by atoms with van der Waals surface area (Å²) in [6, 6.07) is 5.36. The van der Waals surface area contributed by atoms with Crippen LogP contribution in [-0.4, -0.2) is 54.9 Å². The van der Waals surface area contributed by atoms with E-state index in [1.54, 1.807) is 17.9 Å². The Kier molecular flexibility index (Phi) is 5.83. The highest BCUT2D eigenvalue weighted by molar-refractivity contribution is 7.89. The monoisotopic (exact) mass is 471 g/mol. The molecule has 1 aromatic heterocycles. The number of carbonyl (C=O) groups excluding carboxylic acids is 1. The van der Waals surface area contributed by atoms with Gasteiger partial charge < -0.3 is 9.42 Å². The van der Waals surface area contributed by atoms with Gasteiger partial charge in [-0.2, -0.15) is 17.5 Å². The minimum atomic E-state index is -4.47. The molecule has 7 nitrogen and oxygen atoms in total. The molecule has 11 heteroatoms. The van der Waals surface area contributed by atoms with Crippen LogP contribution in [0.25, 0.3) is 0 Å². The molecular formula is C21H24F3N3O4S. The van der Waals surface area contributed by atoms with Crippen molar-refractivity contribution in [3.8, 4) is 0 Å². The summed E-state index contributed by atoms with van der Waals surface area (Å²) < 4.78 is 72.4. The van der Waals surface area contributed by atoms with Gasteiger partial charge in [0.05, 0.1) is 5.56 Å². The van der Waals surface area contributed by atoms with Gasteiger partial charge in [0.2, 0.25) is 15.9 Å². The Morgan fingerprint density at radius 3 is 2.50 bits per heavy atom. The average Bonchev–Trinajstić information content (AvgIpc) is 3.49. The predicted molar refractivity (Wildman–Crippen MR) is 108 cm³/mol. The van der Waals surface area contributed by atoms with Crippen LogP contribution in [0, 0.1) is 19.8 Å². The summed E-state index contributed by atoms with van der Waals surface area (Å²) in [6.07, 6.45) is -3.67. The molecule has 0 radical (unpaired) electrons. The largest absolute Gasteiger partial charge is 0.416 e. The summed E-state index contributed by atoms with van der Waals surface area (Å²) in [5.74, 6) is -0.984. The van der Waals surface area contributed by atoms with E-state index in [1.165, 1.54) is 23.4 Å². The van der Waals surface area contributed by atoms with Gasteiger partial charge in [0.15, 0.2) is 5.76 Å². The number of halogens is 3. The Morgan fingerprint density at radius 2 is 1.84 bits per heavy atom. The molecule has 0 N–H and O–H groups in total. The van der Waals surface area contributed by atoms with Crippen LogP contribution in [0.3, 0.4) is 0 Å². The zero-order valence-corrected chi connectivity index (χ0v) is 18.5. The lowest BCUT2D eigenvalue weighted by atomic mass is 10.0. The van der Waals surface area contributed by atoms with Gasteiger partial charge in [-0.25, -0.2) is 8.42 Å². The summed E-state index contributed by atoms with van der Waals surface area (Å²) in [5.41, 5.74) is -0.271. The lowest BCUT2D eigenvalue weighted by Gasteiger charge is -2.22. The molecule has 0 bridgehead atoms. The second-order valence-corrected chi connectivity index (χ2v) is 10.1. The van der Waals surface area contributed by atoms with Crippen LogP contribution in [-0.2, 0) is 21.0 Å². The summed E-state index contributed by atoms with van der Waals surface area (Å²) in [5, 5.41) is 3.71. The molecule has 4 rings (SSSR count). The molecule has 2 atom stereocenters. The van der Waals surface area contributed by atoms with Crippen molar-refractivity contribution in [3.63, 3.8) is 0 Å². The zero-order valence-electron chi connectivity index (χ0n) is 17.7. The number of aromatic nitrogens is 1. The van der Waals surface area contributed by atoms with E-state index in [9.17, 15) is 26.4 Å². The maximum Gasteiger partial charge on any atom is 0.416 e. The molecule has 32 heavy (non-hydrogen) atoms. The number of rotatable bonds is 4. The van der Waals surface area contributed by atoms with Crippen LogP contribution in [0.2, 0.25) is 0 Å². The second-order valence-electron chi connectivity index (χ2n) is 8.27. The van der Waals surface area contributed by atoms with E-state index in [0.717, 1.165) is 6.07 Å². The van der Waals surface area contributed by atoms with Crippen molar-refractivity contribution in [3.05, 3.63) is 46.8 Å². The van der Waals surface area contributed by atoms with Crippen LogP contribution in [0.4, 0.5) is 13.2 Å². The molecule has 1 saturated heterocycles. The Bertz CT molecular complexity index is 1110. The van der Waals surface area contributed by atoms with Gasteiger partial charge >= 0.3 is 6.18 Å². The van der Waals surface area contributed by atoms with Crippen molar-refractivity contribution in [2.45, 2.75) is 43.7 Å². The molecule has 2 fully saturated rings. The lowest BCUT2D eigenvalue weighted by Crippen LogP contribution is -2.38. The minimum absolute atomic E-state index is 0.0447. The highest BCUT2D eigenvalue weighted by Crippen LogP contribution is 2.51. The average molecular weight is 472 g/mol. The molecule has 2 aliphatic rings. The van der Waals surface area contributed by atoms with E-state index < -0.39 is 33.6 Å². The van der Waals surface area contributed by atoms with Gasteiger partial charge in [-0.3, -0.25) is 4.79 Å². The van der Waals surface area contributed by atoms with Crippen LogP contribution in [0.1, 0.15) is 41.3 Å². The molecular weight excluding hydrogens is 447 g/mol. The summed E-state index contributed by atoms with van der Waals surface area (Å²) in [7, 11) is -3.82. The molecule has 1 aliphatic heterocycles. The number of nitrogens with zero attached hydrogens (tertiary/aromatic N) is 3. The molecule has 174 valence electrons. The van der Waals surface area contributed by atoms with Crippen molar-refractivity contribution in [2.24, 2.45) is 5.92 Å². The van der Waals surface area contributed by atoms with Crippen LogP contribution in [0.5, 0.6) is 0 Å². The number of benzene rings is 1. The molecule has 2 heterocycles. The third-order valence-corrected chi connectivity index (χ3v) is 8.25. The minimum Gasteiger partial charge on any atom is -0.360 e. The molecule has 0 spiro atoms. The molecule has 1 aliphatic carbocycles. The Labute approximate surface area is 184 Å². The van der Waals surface area contributed by atoms with E-state index >= 15 is 0 Å². The molecule has 1 aromatic carbocycles. The molecule has 1 saturated carbocycles. The summed E-state index contributed by atoms with van der Waals surface area (Å²) in [4.78, 5) is 14.6. The first kappa shape index (κ1) is 22.8. The quantitative estimate of drug-likeness (QED) is 0.683. The van der Waals surface area contributed by atoms with Crippen molar-refractivity contribution >= 4 is 15.9 Å². The van der Waals surface area contributed by atoms with E-state index in [1.807, 2.05) is 0 Å². The fraction of sp³-hybridized carbons (Fsp3) is 0.524. The predicted octanol–water partition coefficient (Wildman–Crippen LogP) is 3.34. The van der Waals surface area contributed by atoms with Crippen molar-refractivity contribution in [1.29, 1.82) is 0 Å². The standard InChI is InChI=1S/C21H24F3N3O4S/c1-13-19(14(2)31-25-13)32(29,30)27-9-5-8-26(10-11-27)20(28)17-12-16(17)15-6-3-4-7-18(15)21(22,23)24/h3-4,6-7,16-17H,5,8-12H2,1-2H3. The number of aryl methyl sites for hydroxylation is 2. The Balaban J connectivity index is 1.45. The van der Waals surface area contributed by atoms with Gasteiger partial charge in [0.25, 0.3) is 0 Å². The van der Waals surface area contributed by atoms with Gasteiger partial charge in [-0.1, -0.05) is 23.4 Å². The molecule has 2 aromatic rings. The highest BCUT2D eigenvalue weighted by Gasteiger charge is 2.49. The number of carbonyl (C=O) groups is 1. The fourth-order valence-corrected chi connectivity index (χ4v) is 6.21. The van der Waals surface area contributed by atoms with Crippen LogP contribution in [0.15, 0.2) is 33.7 Å². The normalized spacial score (nSPS) is 22.6. The first-order chi connectivity index (χ1) is 15.0. The van der Waals surface area contributed by atoms with Gasteiger partial charge in [0.1, 0.15) is 10.6 Å². The first-order valence-corrected chi connectivity index (χ1v) is 11.8.